The minimum Gasteiger partial charge on any atom is -0.454 e. The predicted molar refractivity (Wildman–Crippen MR) is 112 cm³/mol. The van der Waals surface area contributed by atoms with E-state index < -0.39 is 0 Å². The zero-order valence-corrected chi connectivity index (χ0v) is 17.4. The highest BCUT2D eigenvalue weighted by Gasteiger charge is 2.36. The van der Waals surface area contributed by atoms with E-state index in [0.29, 0.717) is 19.8 Å². The topological polar surface area (TPSA) is 56.8 Å². The van der Waals surface area contributed by atoms with Gasteiger partial charge in [-0.1, -0.05) is 12.5 Å². The van der Waals surface area contributed by atoms with E-state index in [-0.39, 0.29) is 18.1 Å². The van der Waals surface area contributed by atoms with Gasteiger partial charge in [-0.05, 0) is 67.9 Å². The molecule has 5 nitrogen and oxygen atoms in total. The number of fused-ring (bicyclic) bond motifs is 2. The van der Waals surface area contributed by atoms with Crippen LogP contribution in [0.3, 0.4) is 0 Å². The molecule has 0 bridgehead atoms. The average Bonchev–Trinajstić information content (AvgIpc) is 3.34. The van der Waals surface area contributed by atoms with Crippen molar-refractivity contribution in [1.82, 2.24) is 5.32 Å². The Bertz CT molecular complexity index is 877. The largest absolute Gasteiger partial charge is 0.454 e. The summed E-state index contributed by atoms with van der Waals surface area (Å²) in [5.74, 6) is 1.64. The number of hydrogen-bond donors (Lipinski definition) is 1. The van der Waals surface area contributed by atoms with E-state index in [1.54, 1.807) is 11.3 Å². The van der Waals surface area contributed by atoms with Crippen molar-refractivity contribution < 1.29 is 19.0 Å². The Labute approximate surface area is 175 Å². The number of carbonyl (C=O) groups excluding carboxylic acids is 1. The highest BCUT2D eigenvalue weighted by molar-refractivity contribution is 7.14. The number of benzene rings is 1. The summed E-state index contributed by atoms with van der Waals surface area (Å²) < 4.78 is 16.7. The van der Waals surface area contributed by atoms with Crippen LogP contribution in [0.1, 0.15) is 57.8 Å². The molecular formula is C23H27NO4S. The fraction of sp³-hybridized carbons (Fsp3) is 0.522. The molecule has 0 saturated carbocycles. The van der Waals surface area contributed by atoms with Crippen LogP contribution in [0.5, 0.6) is 11.5 Å². The van der Waals surface area contributed by atoms with Gasteiger partial charge in [0.25, 0.3) is 5.91 Å². The molecule has 1 N–H and O–H groups in total. The summed E-state index contributed by atoms with van der Waals surface area (Å²) in [6.07, 6.45) is 7.76. The summed E-state index contributed by atoms with van der Waals surface area (Å²) in [5, 5.41) is 3.24. The smallest absolute Gasteiger partial charge is 0.261 e. The van der Waals surface area contributed by atoms with Crippen LogP contribution in [0.25, 0.3) is 0 Å². The molecule has 6 heteroatoms. The van der Waals surface area contributed by atoms with Gasteiger partial charge in [-0.25, -0.2) is 0 Å². The second kappa shape index (κ2) is 8.00. The van der Waals surface area contributed by atoms with Gasteiger partial charge in [0.15, 0.2) is 11.5 Å². The Balaban J connectivity index is 1.34. The normalized spacial score (nSPS) is 20.0. The second-order valence-electron chi connectivity index (χ2n) is 8.26. The molecule has 29 heavy (non-hydrogen) atoms. The van der Waals surface area contributed by atoms with Gasteiger partial charge in [0.05, 0.1) is 4.88 Å². The van der Waals surface area contributed by atoms with Gasteiger partial charge < -0.3 is 19.5 Å². The number of amides is 1. The summed E-state index contributed by atoms with van der Waals surface area (Å²) in [6.45, 7) is 2.29. The molecule has 1 amide bonds. The quantitative estimate of drug-likeness (QED) is 0.763. The maximum absolute atomic E-state index is 13.0. The fourth-order valence-corrected chi connectivity index (χ4v) is 5.84. The van der Waals surface area contributed by atoms with Crippen molar-refractivity contribution in [2.45, 2.75) is 50.4 Å². The van der Waals surface area contributed by atoms with E-state index in [1.807, 2.05) is 6.07 Å². The van der Waals surface area contributed by atoms with Crippen LogP contribution in [0, 0.1) is 0 Å². The summed E-state index contributed by atoms with van der Waals surface area (Å²) in [5.41, 5.74) is 2.44. The first kappa shape index (κ1) is 18.9. The van der Waals surface area contributed by atoms with E-state index in [1.165, 1.54) is 35.3 Å². The number of hydrogen-bond acceptors (Lipinski definition) is 5. The van der Waals surface area contributed by atoms with Crippen LogP contribution in [0.2, 0.25) is 0 Å². The third-order valence-electron chi connectivity index (χ3n) is 6.49. The van der Waals surface area contributed by atoms with Gasteiger partial charge in [-0.15, -0.1) is 11.3 Å². The number of nitrogens with one attached hydrogen (secondary N) is 1. The zero-order chi connectivity index (χ0) is 19.7. The lowest BCUT2D eigenvalue weighted by atomic mass is 9.74. The van der Waals surface area contributed by atoms with Crippen molar-refractivity contribution in [3.8, 4) is 11.5 Å². The highest BCUT2D eigenvalue weighted by atomic mass is 32.1. The third kappa shape index (κ3) is 3.76. The third-order valence-corrected chi connectivity index (χ3v) is 7.73. The van der Waals surface area contributed by atoms with Crippen LogP contribution >= 0.6 is 11.3 Å². The molecule has 2 aliphatic heterocycles. The van der Waals surface area contributed by atoms with Crippen molar-refractivity contribution in [2.75, 3.05) is 26.6 Å². The number of ether oxygens (including phenoxy) is 3. The lowest BCUT2D eigenvalue weighted by molar-refractivity contribution is 0.0487. The first-order valence-corrected chi connectivity index (χ1v) is 11.4. The van der Waals surface area contributed by atoms with E-state index in [9.17, 15) is 4.79 Å². The summed E-state index contributed by atoms with van der Waals surface area (Å²) >= 11 is 1.68. The lowest BCUT2D eigenvalue weighted by Gasteiger charge is -2.38. The van der Waals surface area contributed by atoms with Crippen LogP contribution in [-0.4, -0.2) is 32.5 Å². The zero-order valence-electron chi connectivity index (χ0n) is 16.6. The Hall–Kier alpha value is -2.05. The Kier molecular flexibility index (Phi) is 5.22. The molecule has 2 aromatic rings. The number of thiophene rings is 1. The molecule has 0 radical (unpaired) electrons. The van der Waals surface area contributed by atoms with Crippen LogP contribution in [0.15, 0.2) is 24.3 Å². The van der Waals surface area contributed by atoms with Gasteiger partial charge in [0.2, 0.25) is 6.79 Å². The monoisotopic (exact) mass is 413 g/mol. The summed E-state index contributed by atoms with van der Waals surface area (Å²) in [4.78, 5) is 15.2. The minimum absolute atomic E-state index is 0.0506. The molecule has 0 spiro atoms. The van der Waals surface area contributed by atoms with Crippen LogP contribution in [0.4, 0.5) is 0 Å². The Morgan fingerprint density at radius 3 is 2.76 bits per heavy atom. The van der Waals surface area contributed by atoms with Gasteiger partial charge in [-0.3, -0.25) is 4.79 Å². The van der Waals surface area contributed by atoms with Crippen molar-refractivity contribution in [3.05, 3.63) is 45.1 Å². The van der Waals surface area contributed by atoms with Crippen molar-refractivity contribution in [1.29, 1.82) is 0 Å². The van der Waals surface area contributed by atoms with Crippen molar-refractivity contribution in [3.63, 3.8) is 0 Å². The van der Waals surface area contributed by atoms with Gasteiger partial charge in [0, 0.05) is 30.1 Å². The maximum atomic E-state index is 13.0. The molecule has 5 rings (SSSR count). The van der Waals surface area contributed by atoms with Crippen molar-refractivity contribution >= 4 is 17.2 Å². The van der Waals surface area contributed by atoms with E-state index in [4.69, 9.17) is 14.2 Å². The second-order valence-corrected chi connectivity index (χ2v) is 9.40. The molecule has 1 aromatic carbocycles. The van der Waals surface area contributed by atoms with Gasteiger partial charge in [-0.2, -0.15) is 0 Å². The predicted octanol–water partition coefficient (Wildman–Crippen LogP) is 4.22. The van der Waals surface area contributed by atoms with Crippen molar-refractivity contribution in [2.24, 2.45) is 0 Å². The van der Waals surface area contributed by atoms with Gasteiger partial charge in [0.1, 0.15) is 0 Å². The molecule has 0 unspecified atom stereocenters. The summed E-state index contributed by atoms with van der Waals surface area (Å²) in [6, 6.07) is 8.29. The molecule has 1 saturated heterocycles. The number of aryl methyl sites for hydroxylation is 2. The number of rotatable bonds is 4. The molecular weight excluding hydrogens is 386 g/mol. The molecule has 3 aliphatic rings. The average molecular weight is 414 g/mol. The first-order chi connectivity index (χ1) is 14.2. The standard InChI is InChI=1S/C23H27NO4S/c25-22(21-12-16-4-2-1-3-5-20(16)29-21)24-14-23(8-10-26-11-9-23)17-6-7-18-19(13-17)28-15-27-18/h6-7,12-13H,1-5,8-11,14-15H2,(H,24,25). The SMILES string of the molecule is O=C(NCC1(c2ccc3c(c2)OCO3)CCOCC1)c1cc2c(s1)CCCCC2. The van der Waals surface area contributed by atoms with E-state index >= 15 is 0 Å². The first-order valence-electron chi connectivity index (χ1n) is 10.6. The lowest BCUT2D eigenvalue weighted by Crippen LogP contribution is -2.44. The minimum atomic E-state index is -0.136. The highest BCUT2D eigenvalue weighted by Crippen LogP contribution is 2.40. The fourth-order valence-electron chi connectivity index (χ4n) is 4.67. The van der Waals surface area contributed by atoms with Crippen LogP contribution in [-0.2, 0) is 23.0 Å². The molecule has 0 atom stereocenters. The van der Waals surface area contributed by atoms with E-state index in [2.05, 4.69) is 23.5 Å². The molecule has 154 valence electrons. The Morgan fingerprint density at radius 2 is 1.86 bits per heavy atom. The maximum Gasteiger partial charge on any atom is 0.261 e. The Morgan fingerprint density at radius 1 is 1.03 bits per heavy atom. The molecule has 1 aliphatic carbocycles. The molecule has 1 fully saturated rings. The molecule has 1 aromatic heterocycles. The number of carbonyl (C=O) groups is 1. The van der Waals surface area contributed by atoms with Gasteiger partial charge >= 0.3 is 0 Å². The van der Waals surface area contributed by atoms with E-state index in [0.717, 1.165) is 42.1 Å². The summed E-state index contributed by atoms with van der Waals surface area (Å²) in [7, 11) is 0. The van der Waals surface area contributed by atoms with Crippen LogP contribution < -0.4 is 14.8 Å². The molecule has 3 heterocycles.